The van der Waals surface area contributed by atoms with E-state index in [2.05, 4.69) is 16.0 Å². The zero-order chi connectivity index (χ0) is 19.7. The number of hydrogen-bond acceptors (Lipinski definition) is 5. The van der Waals surface area contributed by atoms with Crippen molar-refractivity contribution in [2.45, 2.75) is 6.92 Å². The van der Waals surface area contributed by atoms with E-state index in [1.807, 2.05) is 0 Å². The predicted molar refractivity (Wildman–Crippen MR) is 99.1 cm³/mol. The number of amides is 3. The van der Waals surface area contributed by atoms with Crippen LogP contribution >= 0.6 is 23.2 Å². The van der Waals surface area contributed by atoms with E-state index in [4.69, 9.17) is 23.2 Å². The highest BCUT2D eigenvalue weighted by Gasteiger charge is 2.13. The molecule has 3 amide bonds. The molecule has 1 aromatic carbocycles. The molecule has 0 unspecified atom stereocenters. The van der Waals surface area contributed by atoms with Crippen LogP contribution < -0.4 is 16.0 Å². The SMILES string of the molecule is CCS(=O)(=O)CCNC(=O)CNC(=O)CNC(=O)c1ccc(Cl)cc1Cl. The van der Waals surface area contributed by atoms with Crippen LogP contribution in [0.2, 0.25) is 10.0 Å². The monoisotopic (exact) mass is 423 g/mol. The minimum absolute atomic E-state index is 0.00304. The van der Waals surface area contributed by atoms with Crippen LogP contribution in [0, 0.1) is 0 Å². The van der Waals surface area contributed by atoms with Crippen molar-refractivity contribution in [3.8, 4) is 0 Å². The van der Waals surface area contributed by atoms with E-state index in [1.54, 1.807) is 0 Å². The van der Waals surface area contributed by atoms with Gasteiger partial charge in [-0.3, -0.25) is 14.4 Å². The van der Waals surface area contributed by atoms with E-state index in [9.17, 15) is 22.8 Å². The van der Waals surface area contributed by atoms with Crippen LogP contribution in [-0.4, -0.2) is 57.3 Å². The Morgan fingerprint density at radius 2 is 1.62 bits per heavy atom. The third-order valence-corrected chi connectivity index (χ3v) is 5.46. The Hall–Kier alpha value is -1.84. The summed E-state index contributed by atoms with van der Waals surface area (Å²) in [5.41, 5.74) is 0.166. The molecule has 1 aromatic rings. The summed E-state index contributed by atoms with van der Waals surface area (Å²) in [5, 5.41) is 7.58. The van der Waals surface area contributed by atoms with Crippen molar-refractivity contribution in [1.29, 1.82) is 0 Å². The molecule has 0 radical (unpaired) electrons. The average Bonchev–Trinajstić information content (AvgIpc) is 2.57. The molecular formula is C15H19Cl2N3O5S. The van der Waals surface area contributed by atoms with Crippen molar-refractivity contribution in [1.82, 2.24) is 16.0 Å². The Morgan fingerprint density at radius 3 is 2.23 bits per heavy atom. The third kappa shape index (κ3) is 8.03. The van der Waals surface area contributed by atoms with E-state index in [0.29, 0.717) is 5.02 Å². The lowest BCUT2D eigenvalue weighted by Gasteiger charge is -2.09. The number of hydrogen-bond donors (Lipinski definition) is 3. The molecule has 0 aliphatic heterocycles. The number of halogens is 2. The van der Waals surface area contributed by atoms with Crippen LogP contribution in [0.15, 0.2) is 18.2 Å². The van der Waals surface area contributed by atoms with E-state index < -0.39 is 27.6 Å². The fraction of sp³-hybridized carbons (Fsp3) is 0.400. The van der Waals surface area contributed by atoms with Gasteiger partial charge in [0.2, 0.25) is 11.8 Å². The van der Waals surface area contributed by atoms with Crippen LogP contribution in [0.25, 0.3) is 0 Å². The molecule has 144 valence electrons. The molecule has 3 N–H and O–H groups in total. The summed E-state index contributed by atoms with van der Waals surface area (Å²) in [6, 6.07) is 4.32. The quantitative estimate of drug-likeness (QED) is 0.530. The number of nitrogens with one attached hydrogen (secondary N) is 3. The Morgan fingerprint density at radius 1 is 1.00 bits per heavy atom. The maximum absolute atomic E-state index is 11.9. The van der Waals surface area contributed by atoms with Crippen molar-refractivity contribution in [3.63, 3.8) is 0 Å². The number of benzene rings is 1. The van der Waals surface area contributed by atoms with Gasteiger partial charge in [-0.2, -0.15) is 0 Å². The highest BCUT2D eigenvalue weighted by molar-refractivity contribution is 7.91. The van der Waals surface area contributed by atoms with Gasteiger partial charge in [0.05, 0.1) is 29.4 Å². The minimum atomic E-state index is -3.17. The zero-order valence-electron chi connectivity index (χ0n) is 14.0. The normalized spacial score (nSPS) is 10.9. The zero-order valence-corrected chi connectivity index (χ0v) is 16.3. The Kier molecular flexibility index (Phi) is 8.83. The summed E-state index contributed by atoms with van der Waals surface area (Å²) >= 11 is 11.6. The lowest BCUT2D eigenvalue weighted by atomic mass is 10.2. The second-order valence-electron chi connectivity index (χ2n) is 5.17. The molecule has 0 aromatic heterocycles. The first-order valence-electron chi connectivity index (χ1n) is 7.61. The second kappa shape index (κ2) is 10.3. The van der Waals surface area contributed by atoms with E-state index in [0.717, 1.165) is 0 Å². The predicted octanol–water partition coefficient (Wildman–Crippen LogP) is 0.390. The molecule has 0 fully saturated rings. The van der Waals surface area contributed by atoms with Gasteiger partial charge in [0, 0.05) is 17.3 Å². The maximum Gasteiger partial charge on any atom is 0.253 e. The van der Waals surface area contributed by atoms with E-state index >= 15 is 0 Å². The molecule has 1 rings (SSSR count). The molecule has 26 heavy (non-hydrogen) atoms. The fourth-order valence-electron chi connectivity index (χ4n) is 1.72. The molecule has 0 aliphatic carbocycles. The molecular weight excluding hydrogens is 405 g/mol. The van der Waals surface area contributed by atoms with Gasteiger partial charge < -0.3 is 16.0 Å². The lowest BCUT2D eigenvalue weighted by Crippen LogP contribution is -2.42. The fourth-order valence-corrected chi connectivity index (χ4v) is 2.92. The number of carbonyl (C=O) groups is 3. The van der Waals surface area contributed by atoms with Crippen molar-refractivity contribution >= 4 is 50.8 Å². The Bertz CT molecular complexity index is 783. The average molecular weight is 424 g/mol. The van der Waals surface area contributed by atoms with E-state index in [-0.39, 0.29) is 41.7 Å². The van der Waals surface area contributed by atoms with Crippen molar-refractivity contribution in [2.24, 2.45) is 0 Å². The lowest BCUT2D eigenvalue weighted by molar-refractivity contribution is -0.125. The van der Waals surface area contributed by atoms with Crippen LogP contribution in [0.5, 0.6) is 0 Å². The molecule has 0 heterocycles. The van der Waals surface area contributed by atoms with Gasteiger partial charge in [-0.25, -0.2) is 8.42 Å². The summed E-state index contributed by atoms with van der Waals surface area (Å²) in [6.45, 7) is 0.803. The molecule has 0 saturated heterocycles. The van der Waals surface area contributed by atoms with E-state index in [1.165, 1.54) is 25.1 Å². The van der Waals surface area contributed by atoms with Crippen LogP contribution in [0.1, 0.15) is 17.3 Å². The number of rotatable bonds is 9. The molecule has 0 spiro atoms. The van der Waals surface area contributed by atoms with Crippen molar-refractivity contribution in [3.05, 3.63) is 33.8 Å². The van der Waals surface area contributed by atoms with Gasteiger partial charge in [0.25, 0.3) is 5.91 Å². The minimum Gasteiger partial charge on any atom is -0.354 e. The van der Waals surface area contributed by atoms with Gasteiger partial charge in [-0.15, -0.1) is 0 Å². The maximum atomic E-state index is 11.9. The van der Waals surface area contributed by atoms with Crippen LogP contribution in [-0.2, 0) is 19.4 Å². The van der Waals surface area contributed by atoms with Crippen molar-refractivity contribution in [2.75, 3.05) is 31.1 Å². The first-order chi connectivity index (χ1) is 12.1. The summed E-state index contributed by atoms with van der Waals surface area (Å²) in [7, 11) is -3.17. The van der Waals surface area contributed by atoms with Crippen molar-refractivity contribution < 1.29 is 22.8 Å². The van der Waals surface area contributed by atoms with Gasteiger partial charge in [0.1, 0.15) is 0 Å². The van der Waals surface area contributed by atoms with Gasteiger partial charge >= 0.3 is 0 Å². The highest BCUT2D eigenvalue weighted by Crippen LogP contribution is 2.20. The first-order valence-corrected chi connectivity index (χ1v) is 10.2. The molecule has 0 aliphatic rings. The second-order valence-corrected chi connectivity index (χ2v) is 8.49. The molecule has 0 bridgehead atoms. The smallest absolute Gasteiger partial charge is 0.253 e. The number of sulfone groups is 1. The summed E-state index contributed by atoms with van der Waals surface area (Å²) in [4.78, 5) is 35.1. The molecule has 8 nitrogen and oxygen atoms in total. The topological polar surface area (TPSA) is 121 Å². The third-order valence-electron chi connectivity index (χ3n) is 3.21. The molecule has 0 atom stereocenters. The first kappa shape index (κ1) is 22.2. The summed E-state index contributed by atoms with van der Waals surface area (Å²) in [5.74, 6) is -1.84. The van der Waals surface area contributed by atoms with Gasteiger partial charge in [0.15, 0.2) is 9.84 Å². The summed E-state index contributed by atoms with van der Waals surface area (Å²) in [6.07, 6.45) is 0. The molecule has 11 heteroatoms. The highest BCUT2D eigenvalue weighted by atomic mass is 35.5. The Balaban J connectivity index is 2.31. The standard InChI is InChI=1S/C15H19Cl2N3O5S/c1-2-26(24,25)6-5-18-13(21)8-19-14(22)9-20-15(23)11-4-3-10(16)7-12(11)17/h3-4,7H,2,5-6,8-9H2,1H3,(H,18,21)(H,19,22)(H,20,23). The van der Waals surface area contributed by atoms with Gasteiger partial charge in [-0.05, 0) is 18.2 Å². The number of carbonyl (C=O) groups excluding carboxylic acids is 3. The van der Waals surface area contributed by atoms with Gasteiger partial charge in [-0.1, -0.05) is 30.1 Å². The summed E-state index contributed by atoms with van der Waals surface area (Å²) < 4.78 is 22.6. The van der Waals surface area contributed by atoms with Crippen LogP contribution in [0.3, 0.4) is 0 Å². The Labute approximate surface area is 161 Å². The molecule has 0 saturated carbocycles. The van der Waals surface area contributed by atoms with Crippen LogP contribution in [0.4, 0.5) is 0 Å². The largest absolute Gasteiger partial charge is 0.354 e.